The maximum atomic E-state index is 11.1. The number of ether oxygens (including phenoxy) is 1. The van der Waals surface area contributed by atoms with E-state index in [1.54, 1.807) is 12.1 Å². The molecule has 0 saturated carbocycles. The summed E-state index contributed by atoms with van der Waals surface area (Å²) in [5, 5.41) is 16.4. The number of aromatic hydroxyl groups is 1. The molecule has 27 heavy (non-hydrogen) atoms. The number of halogens is 1. The van der Waals surface area contributed by atoms with Crippen molar-refractivity contribution in [3.05, 3.63) is 47.7 Å². The van der Waals surface area contributed by atoms with Gasteiger partial charge in [-0.25, -0.2) is 9.97 Å². The van der Waals surface area contributed by atoms with Gasteiger partial charge in [-0.05, 0) is 37.3 Å². The van der Waals surface area contributed by atoms with Crippen LogP contribution in [0.4, 0.5) is 11.5 Å². The van der Waals surface area contributed by atoms with Crippen LogP contribution in [0.2, 0.25) is 5.02 Å². The topological polar surface area (TPSA) is 96.4 Å². The molecule has 2 aromatic carbocycles. The molecule has 0 radical (unpaired) electrons. The zero-order chi connectivity index (χ0) is 19.4. The largest absolute Gasteiger partial charge is 0.506 e. The molecule has 0 spiro atoms. The maximum Gasteiger partial charge on any atom is 0.217 e. The van der Waals surface area contributed by atoms with Gasteiger partial charge in [-0.3, -0.25) is 4.79 Å². The summed E-state index contributed by atoms with van der Waals surface area (Å²) in [7, 11) is 0. The number of fused-ring (bicyclic) bond motifs is 1. The van der Waals surface area contributed by atoms with Crippen molar-refractivity contribution in [1.29, 1.82) is 0 Å². The Labute approximate surface area is 161 Å². The van der Waals surface area contributed by atoms with Crippen LogP contribution in [0.3, 0.4) is 0 Å². The average molecular weight is 387 g/mol. The molecular formula is C19H19ClN4O3. The fourth-order valence-electron chi connectivity index (χ4n) is 2.54. The Bertz CT molecular complexity index is 975. The van der Waals surface area contributed by atoms with E-state index >= 15 is 0 Å². The van der Waals surface area contributed by atoms with Crippen molar-refractivity contribution in [2.75, 3.05) is 11.9 Å². The van der Waals surface area contributed by atoms with Crippen molar-refractivity contribution < 1.29 is 14.6 Å². The second-order valence-electron chi connectivity index (χ2n) is 6.03. The van der Waals surface area contributed by atoms with Crippen LogP contribution in [0.5, 0.6) is 11.5 Å². The van der Waals surface area contributed by atoms with Crippen molar-refractivity contribution in [2.24, 2.45) is 0 Å². The fraction of sp³-hybridized carbons (Fsp3) is 0.211. The Kier molecular flexibility index (Phi) is 5.61. The normalized spacial score (nSPS) is 11.8. The van der Waals surface area contributed by atoms with E-state index in [9.17, 15) is 9.90 Å². The number of benzene rings is 2. The zero-order valence-corrected chi connectivity index (χ0v) is 15.6. The van der Waals surface area contributed by atoms with Crippen LogP contribution in [0, 0.1) is 0 Å². The van der Waals surface area contributed by atoms with Crippen LogP contribution in [0.25, 0.3) is 10.9 Å². The second kappa shape index (κ2) is 8.09. The van der Waals surface area contributed by atoms with Gasteiger partial charge in [0, 0.05) is 12.6 Å². The van der Waals surface area contributed by atoms with Gasteiger partial charge in [-0.2, -0.15) is 0 Å². The number of amides is 1. The Morgan fingerprint density at radius 2 is 2.11 bits per heavy atom. The summed E-state index contributed by atoms with van der Waals surface area (Å²) in [5.41, 5.74) is 1.38. The number of nitrogens with one attached hydrogen (secondary N) is 2. The van der Waals surface area contributed by atoms with E-state index in [1.165, 1.54) is 19.3 Å². The molecule has 0 unspecified atom stereocenters. The van der Waals surface area contributed by atoms with Crippen molar-refractivity contribution in [3.8, 4) is 11.5 Å². The summed E-state index contributed by atoms with van der Waals surface area (Å²) < 4.78 is 6.00. The molecule has 3 N–H and O–H groups in total. The predicted octanol–water partition coefficient (Wildman–Crippen LogP) is 3.64. The number of aromatic nitrogens is 2. The van der Waals surface area contributed by atoms with Crippen LogP contribution in [-0.2, 0) is 4.79 Å². The molecule has 0 saturated heterocycles. The lowest BCUT2D eigenvalue weighted by Crippen LogP contribution is -2.32. The third-order valence-electron chi connectivity index (χ3n) is 3.80. The second-order valence-corrected chi connectivity index (χ2v) is 6.44. The van der Waals surface area contributed by atoms with Crippen LogP contribution >= 0.6 is 11.6 Å². The third kappa shape index (κ3) is 4.57. The molecule has 3 aromatic rings. The van der Waals surface area contributed by atoms with Crippen molar-refractivity contribution in [2.45, 2.75) is 20.0 Å². The van der Waals surface area contributed by atoms with E-state index in [-0.39, 0.29) is 22.8 Å². The Morgan fingerprint density at radius 1 is 1.30 bits per heavy atom. The summed E-state index contributed by atoms with van der Waals surface area (Å²) in [6, 6.07) is 10.3. The molecule has 3 rings (SSSR count). The minimum Gasteiger partial charge on any atom is -0.506 e. The highest BCUT2D eigenvalue weighted by atomic mass is 35.5. The predicted molar refractivity (Wildman–Crippen MR) is 105 cm³/mol. The van der Waals surface area contributed by atoms with E-state index in [0.29, 0.717) is 34.7 Å². The van der Waals surface area contributed by atoms with E-state index in [4.69, 9.17) is 16.3 Å². The molecular weight excluding hydrogens is 368 g/mol. The van der Waals surface area contributed by atoms with Gasteiger partial charge in [0.2, 0.25) is 5.91 Å². The first kappa shape index (κ1) is 18.7. The summed E-state index contributed by atoms with van der Waals surface area (Å²) in [6.07, 6.45) is 1.22. The summed E-state index contributed by atoms with van der Waals surface area (Å²) in [5.74, 6) is 1.03. The van der Waals surface area contributed by atoms with Gasteiger partial charge in [-0.15, -0.1) is 0 Å². The first-order chi connectivity index (χ1) is 12.9. The SMILES string of the molecule is CC(=O)NC[C@@H](C)Oc1cccc2ncnc(Nc3ccc(O)c(Cl)c3)c12. The molecule has 8 heteroatoms. The molecule has 7 nitrogen and oxygen atoms in total. The monoisotopic (exact) mass is 386 g/mol. The van der Waals surface area contributed by atoms with E-state index in [0.717, 1.165) is 0 Å². The number of phenolic OH excluding ortho intramolecular Hbond substituents is 1. The quantitative estimate of drug-likeness (QED) is 0.560. The lowest BCUT2D eigenvalue weighted by molar-refractivity contribution is -0.119. The number of hydrogen-bond acceptors (Lipinski definition) is 6. The molecule has 1 aromatic heterocycles. The highest BCUT2D eigenvalue weighted by Crippen LogP contribution is 2.33. The maximum absolute atomic E-state index is 11.1. The minimum absolute atomic E-state index is 0.00517. The number of hydrogen-bond donors (Lipinski definition) is 3. The smallest absolute Gasteiger partial charge is 0.217 e. The van der Waals surface area contributed by atoms with Gasteiger partial charge in [0.1, 0.15) is 29.7 Å². The van der Waals surface area contributed by atoms with Crippen molar-refractivity contribution in [3.63, 3.8) is 0 Å². The Morgan fingerprint density at radius 3 is 2.85 bits per heavy atom. The first-order valence-electron chi connectivity index (χ1n) is 8.34. The fourth-order valence-corrected chi connectivity index (χ4v) is 2.72. The van der Waals surface area contributed by atoms with Gasteiger partial charge in [-0.1, -0.05) is 17.7 Å². The molecule has 0 aliphatic heterocycles. The van der Waals surface area contributed by atoms with E-state index < -0.39 is 0 Å². The van der Waals surface area contributed by atoms with Crippen LogP contribution in [-0.4, -0.2) is 33.6 Å². The lowest BCUT2D eigenvalue weighted by atomic mass is 10.2. The molecule has 140 valence electrons. The van der Waals surface area contributed by atoms with E-state index in [1.807, 2.05) is 25.1 Å². The first-order valence-corrected chi connectivity index (χ1v) is 8.72. The molecule has 0 aliphatic rings. The van der Waals surface area contributed by atoms with E-state index in [2.05, 4.69) is 20.6 Å². The average Bonchev–Trinajstić information content (AvgIpc) is 2.63. The number of nitrogens with zero attached hydrogens (tertiary/aromatic N) is 2. The summed E-state index contributed by atoms with van der Waals surface area (Å²) in [6.45, 7) is 3.71. The van der Waals surface area contributed by atoms with Gasteiger partial charge >= 0.3 is 0 Å². The minimum atomic E-state index is -0.240. The van der Waals surface area contributed by atoms with Crippen molar-refractivity contribution >= 4 is 39.9 Å². The lowest BCUT2D eigenvalue weighted by Gasteiger charge is -2.18. The molecule has 1 amide bonds. The van der Waals surface area contributed by atoms with Gasteiger partial charge in [0.05, 0.1) is 22.5 Å². The Hall–Kier alpha value is -3.06. The number of anilines is 2. The number of rotatable bonds is 6. The van der Waals surface area contributed by atoms with Crippen LogP contribution < -0.4 is 15.4 Å². The molecule has 0 fully saturated rings. The zero-order valence-electron chi connectivity index (χ0n) is 14.9. The summed E-state index contributed by atoms with van der Waals surface area (Å²) in [4.78, 5) is 19.7. The van der Waals surface area contributed by atoms with Gasteiger partial charge in [0.25, 0.3) is 0 Å². The molecule has 0 aliphatic carbocycles. The van der Waals surface area contributed by atoms with Crippen molar-refractivity contribution in [1.82, 2.24) is 15.3 Å². The molecule has 1 heterocycles. The highest BCUT2D eigenvalue weighted by molar-refractivity contribution is 6.32. The van der Waals surface area contributed by atoms with Gasteiger partial charge < -0.3 is 20.5 Å². The number of carbonyl (C=O) groups excluding carboxylic acids is 1. The summed E-state index contributed by atoms with van der Waals surface area (Å²) >= 11 is 5.98. The standard InChI is InChI=1S/C19H19ClN4O3/c1-11(9-21-12(2)25)27-17-5-3-4-15-18(17)19(23-10-22-15)24-13-6-7-16(26)14(20)8-13/h3-8,10-11,26H,9H2,1-2H3,(H,21,25)(H,22,23,24)/t11-/m1/s1. The highest BCUT2D eigenvalue weighted by Gasteiger charge is 2.13. The number of carbonyl (C=O) groups is 1. The third-order valence-corrected chi connectivity index (χ3v) is 4.10. The van der Waals surface area contributed by atoms with Crippen LogP contribution in [0.15, 0.2) is 42.7 Å². The van der Waals surface area contributed by atoms with Gasteiger partial charge in [0.15, 0.2) is 0 Å². The molecule has 0 bridgehead atoms. The number of phenols is 1. The van der Waals surface area contributed by atoms with Crippen LogP contribution in [0.1, 0.15) is 13.8 Å². The molecule has 1 atom stereocenters. The Balaban J connectivity index is 1.93.